The summed E-state index contributed by atoms with van der Waals surface area (Å²) in [5.41, 5.74) is -0.451. The molecule has 0 aromatic heterocycles. The molecule has 1 heterocycles. The van der Waals surface area contributed by atoms with Gasteiger partial charge in [-0.1, -0.05) is 0 Å². The first-order valence-corrected chi connectivity index (χ1v) is 8.75. The highest BCUT2D eigenvalue weighted by atomic mass is 16.6. The van der Waals surface area contributed by atoms with Crippen molar-refractivity contribution in [2.24, 2.45) is 0 Å². The highest BCUT2D eigenvalue weighted by molar-refractivity contribution is 5.68. The average Bonchev–Trinajstić information content (AvgIpc) is 2.45. The van der Waals surface area contributed by atoms with Crippen LogP contribution in [-0.4, -0.2) is 66.7 Å². The zero-order chi connectivity index (χ0) is 17.3. The van der Waals surface area contributed by atoms with Crippen molar-refractivity contribution in [2.45, 2.75) is 71.1 Å². The number of hydrogen-bond donors (Lipinski definition) is 2. The Hall–Kier alpha value is -0.850. The van der Waals surface area contributed by atoms with E-state index in [1.165, 1.54) is 0 Å². The van der Waals surface area contributed by atoms with E-state index >= 15 is 0 Å². The molecule has 136 valence electrons. The van der Waals surface area contributed by atoms with Crippen LogP contribution in [0.2, 0.25) is 0 Å². The molecule has 2 N–H and O–H groups in total. The minimum Gasteiger partial charge on any atom is -0.444 e. The molecule has 6 heteroatoms. The number of carbonyl (C=O) groups is 1. The molecule has 0 aliphatic carbocycles. The first kappa shape index (κ1) is 20.2. The Morgan fingerprint density at radius 2 is 2.09 bits per heavy atom. The summed E-state index contributed by atoms with van der Waals surface area (Å²) >= 11 is 0. The Kier molecular flexibility index (Phi) is 8.87. The summed E-state index contributed by atoms with van der Waals surface area (Å²) in [5.74, 6) is 0. The van der Waals surface area contributed by atoms with Crippen LogP contribution in [0.4, 0.5) is 4.79 Å². The molecule has 23 heavy (non-hydrogen) atoms. The molecule has 2 atom stereocenters. The van der Waals surface area contributed by atoms with Gasteiger partial charge in [-0.05, 0) is 53.4 Å². The van der Waals surface area contributed by atoms with Crippen LogP contribution in [0.5, 0.6) is 0 Å². The van der Waals surface area contributed by atoms with Crippen LogP contribution in [-0.2, 0) is 9.47 Å². The van der Waals surface area contributed by atoms with Gasteiger partial charge in [0.2, 0.25) is 0 Å². The minimum atomic E-state index is -0.451. The van der Waals surface area contributed by atoms with Gasteiger partial charge in [0.05, 0.1) is 19.8 Å². The fourth-order valence-corrected chi connectivity index (χ4v) is 2.84. The lowest BCUT2D eigenvalue weighted by molar-refractivity contribution is 0.00777. The summed E-state index contributed by atoms with van der Waals surface area (Å²) in [7, 11) is 0. The van der Waals surface area contributed by atoms with Gasteiger partial charge in [-0.25, -0.2) is 4.79 Å². The number of rotatable bonds is 8. The van der Waals surface area contributed by atoms with Gasteiger partial charge in [-0.2, -0.15) is 0 Å². The van der Waals surface area contributed by atoms with E-state index in [1.54, 1.807) is 0 Å². The van der Waals surface area contributed by atoms with Crippen LogP contribution < -0.4 is 5.32 Å². The lowest BCUT2D eigenvalue weighted by Crippen LogP contribution is -2.48. The van der Waals surface area contributed by atoms with Crippen molar-refractivity contribution in [3.05, 3.63) is 0 Å². The molecule has 0 aromatic rings. The standard InChI is InChI=1S/C17H34N2O4/c1-14(18-8-11-22-12-10-20)13-15-7-5-6-9-19(15)16(21)23-17(2,3)4/h14-15,18,20H,5-13H2,1-4H3. The summed E-state index contributed by atoms with van der Waals surface area (Å²) in [6.45, 7) is 10.4. The van der Waals surface area contributed by atoms with Crippen molar-refractivity contribution in [3.63, 3.8) is 0 Å². The summed E-state index contributed by atoms with van der Waals surface area (Å²) in [6.07, 6.45) is 3.97. The largest absolute Gasteiger partial charge is 0.444 e. The molecule has 0 aromatic carbocycles. The highest BCUT2D eigenvalue weighted by Gasteiger charge is 2.31. The molecule has 1 rings (SSSR count). The first-order chi connectivity index (χ1) is 10.8. The fourth-order valence-electron chi connectivity index (χ4n) is 2.84. The second-order valence-electron chi connectivity index (χ2n) is 7.25. The maximum Gasteiger partial charge on any atom is 0.410 e. The molecule has 2 unspecified atom stereocenters. The topological polar surface area (TPSA) is 71.0 Å². The SMILES string of the molecule is CC(CC1CCCCN1C(=O)OC(C)(C)C)NCCOCCO. The monoisotopic (exact) mass is 330 g/mol. The van der Waals surface area contributed by atoms with E-state index in [1.807, 2.05) is 25.7 Å². The summed E-state index contributed by atoms with van der Waals surface area (Å²) in [6, 6.07) is 0.542. The predicted molar refractivity (Wildman–Crippen MR) is 90.6 cm³/mol. The van der Waals surface area contributed by atoms with Crippen LogP contribution in [0, 0.1) is 0 Å². The van der Waals surface area contributed by atoms with Crippen molar-refractivity contribution in [3.8, 4) is 0 Å². The molecular weight excluding hydrogens is 296 g/mol. The Bertz CT molecular complexity index is 344. The smallest absolute Gasteiger partial charge is 0.410 e. The molecule has 1 amide bonds. The van der Waals surface area contributed by atoms with Crippen molar-refractivity contribution in [2.75, 3.05) is 32.9 Å². The molecule has 1 fully saturated rings. The van der Waals surface area contributed by atoms with Crippen LogP contribution in [0.25, 0.3) is 0 Å². The predicted octanol–water partition coefficient (Wildman–Crippen LogP) is 2.15. The summed E-state index contributed by atoms with van der Waals surface area (Å²) in [5, 5.41) is 12.1. The number of aliphatic hydroxyl groups is 1. The Morgan fingerprint density at radius 1 is 1.35 bits per heavy atom. The number of nitrogens with one attached hydrogen (secondary N) is 1. The molecule has 0 saturated carbocycles. The zero-order valence-corrected chi connectivity index (χ0v) is 15.1. The van der Waals surface area contributed by atoms with Gasteiger partial charge in [-0.15, -0.1) is 0 Å². The van der Waals surface area contributed by atoms with E-state index in [-0.39, 0.29) is 18.7 Å². The average molecular weight is 330 g/mol. The van der Waals surface area contributed by atoms with Crippen LogP contribution in [0.3, 0.4) is 0 Å². The maximum absolute atomic E-state index is 12.4. The normalized spacial score (nSPS) is 20.4. The van der Waals surface area contributed by atoms with E-state index < -0.39 is 5.60 Å². The van der Waals surface area contributed by atoms with Gasteiger partial charge < -0.3 is 24.8 Å². The molecule has 0 bridgehead atoms. The minimum absolute atomic E-state index is 0.0580. The number of hydrogen-bond acceptors (Lipinski definition) is 5. The third kappa shape index (κ3) is 8.53. The van der Waals surface area contributed by atoms with Gasteiger partial charge >= 0.3 is 6.09 Å². The Morgan fingerprint density at radius 3 is 2.74 bits per heavy atom. The van der Waals surface area contributed by atoms with Gasteiger partial charge in [0.1, 0.15) is 5.60 Å². The number of aliphatic hydroxyl groups excluding tert-OH is 1. The van der Waals surface area contributed by atoms with Gasteiger partial charge in [0.25, 0.3) is 0 Å². The Balaban J connectivity index is 2.40. The number of likely N-dealkylation sites (tertiary alicyclic amines) is 1. The summed E-state index contributed by atoms with van der Waals surface area (Å²) < 4.78 is 10.8. The van der Waals surface area contributed by atoms with Crippen molar-refractivity contribution in [1.82, 2.24) is 10.2 Å². The number of nitrogens with zero attached hydrogens (tertiary/aromatic N) is 1. The summed E-state index contributed by atoms with van der Waals surface area (Å²) in [4.78, 5) is 14.3. The fraction of sp³-hybridized carbons (Fsp3) is 0.941. The van der Waals surface area contributed by atoms with Gasteiger partial charge in [0, 0.05) is 25.2 Å². The zero-order valence-electron chi connectivity index (χ0n) is 15.1. The van der Waals surface area contributed by atoms with Crippen molar-refractivity contribution in [1.29, 1.82) is 0 Å². The highest BCUT2D eigenvalue weighted by Crippen LogP contribution is 2.23. The quantitative estimate of drug-likeness (QED) is 0.667. The van der Waals surface area contributed by atoms with Crippen LogP contribution >= 0.6 is 0 Å². The molecule has 0 radical (unpaired) electrons. The second-order valence-corrected chi connectivity index (χ2v) is 7.25. The molecule has 1 aliphatic rings. The van der Waals surface area contributed by atoms with Crippen LogP contribution in [0.15, 0.2) is 0 Å². The lowest BCUT2D eigenvalue weighted by Gasteiger charge is -2.38. The Labute approximate surface area is 140 Å². The van der Waals surface area contributed by atoms with Gasteiger partial charge in [0.15, 0.2) is 0 Å². The number of piperidine rings is 1. The number of amides is 1. The molecule has 6 nitrogen and oxygen atoms in total. The molecular formula is C17H34N2O4. The lowest BCUT2D eigenvalue weighted by atomic mass is 9.97. The number of ether oxygens (including phenoxy) is 2. The van der Waals surface area contributed by atoms with E-state index in [0.29, 0.717) is 19.3 Å². The van der Waals surface area contributed by atoms with E-state index in [2.05, 4.69) is 12.2 Å². The van der Waals surface area contributed by atoms with Crippen LogP contribution in [0.1, 0.15) is 53.4 Å². The number of carbonyl (C=O) groups excluding carboxylic acids is 1. The first-order valence-electron chi connectivity index (χ1n) is 8.75. The van der Waals surface area contributed by atoms with E-state index in [0.717, 1.165) is 38.8 Å². The van der Waals surface area contributed by atoms with Gasteiger partial charge in [-0.3, -0.25) is 0 Å². The molecule has 1 aliphatic heterocycles. The maximum atomic E-state index is 12.4. The third-order valence-electron chi connectivity index (χ3n) is 3.86. The third-order valence-corrected chi connectivity index (χ3v) is 3.86. The van der Waals surface area contributed by atoms with Crippen molar-refractivity contribution < 1.29 is 19.4 Å². The molecule has 1 saturated heterocycles. The second kappa shape index (κ2) is 10.1. The van der Waals surface area contributed by atoms with Crippen molar-refractivity contribution >= 4 is 6.09 Å². The van der Waals surface area contributed by atoms with E-state index in [9.17, 15) is 4.79 Å². The molecule has 0 spiro atoms. The van der Waals surface area contributed by atoms with E-state index in [4.69, 9.17) is 14.6 Å².